The lowest BCUT2D eigenvalue weighted by atomic mass is 10.0. The molecular weight excluding hydrogens is 228 g/mol. The van der Waals surface area contributed by atoms with Gasteiger partial charge in [-0.2, -0.15) is 0 Å². The smallest absolute Gasteiger partial charge is 0.180 e. The number of nitrogens with zero attached hydrogens (tertiary/aromatic N) is 1. The monoisotopic (exact) mass is 246 g/mol. The summed E-state index contributed by atoms with van der Waals surface area (Å²) in [6.45, 7) is 6.53. The average molecular weight is 246 g/mol. The van der Waals surface area contributed by atoms with Crippen molar-refractivity contribution in [3.05, 3.63) is 34.7 Å². The summed E-state index contributed by atoms with van der Waals surface area (Å²) < 4.78 is 0. The summed E-state index contributed by atoms with van der Waals surface area (Å²) >= 11 is 1.55. The molecule has 2 nitrogen and oxygen atoms in total. The van der Waals surface area contributed by atoms with Crippen LogP contribution in [0.5, 0.6) is 0 Å². The Morgan fingerprint density at radius 3 is 2.35 bits per heavy atom. The zero-order chi connectivity index (χ0) is 12.4. The van der Waals surface area contributed by atoms with Crippen LogP contribution in [0.25, 0.3) is 11.3 Å². The van der Waals surface area contributed by atoms with E-state index in [0.29, 0.717) is 11.0 Å². The van der Waals surface area contributed by atoms with Gasteiger partial charge in [0.15, 0.2) is 5.13 Å². The molecule has 2 aromatic rings. The largest absolute Gasteiger partial charge is 0.375 e. The SMILES string of the molecule is Cc1sc(N)nc1-c1ccc(CC(C)C)cc1. The van der Waals surface area contributed by atoms with Crippen molar-refractivity contribution < 1.29 is 0 Å². The van der Waals surface area contributed by atoms with Gasteiger partial charge in [0.2, 0.25) is 0 Å². The molecular formula is C14H18N2S. The standard InChI is InChI=1S/C14H18N2S/c1-9(2)8-11-4-6-12(7-5-11)13-10(3)17-14(15)16-13/h4-7,9H,8H2,1-3H3,(H2,15,16). The molecule has 0 saturated carbocycles. The quantitative estimate of drug-likeness (QED) is 0.892. The van der Waals surface area contributed by atoms with Gasteiger partial charge in [0.1, 0.15) is 0 Å². The summed E-state index contributed by atoms with van der Waals surface area (Å²) in [6, 6.07) is 8.65. The Labute approximate surface area is 107 Å². The number of thiazole rings is 1. The zero-order valence-corrected chi connectivity index (χ0v) is 11.3. The van der Waals surface area contributed by atoms with Crippen molar-refractivity contribution in [1.29, 1.82) is 0 Å². The molecule has 2 rings (SSSR count). The number of anilines is 1. The first-order chi connectivity index (χ1) is 8.06. The molecule has 0 saturated heterocycles. The molecule has 0 aliphatic heterocycles. The van der Waals surface area contributed by atoms with Gasteiger partial charge in [-0.3, -0.25) is 0 Å². The van der Waals surface area contributed by atoms with Crippen molar-refractivity contribution in [2.45, 2.75) is 27.2 Å². The number of hydrogen-bond acceptors (Lipinski definition) is 3. The van der Waals surface area contributed by atoms with Crippen molar-refractivity contribution in [3.8, 4) is 11.3 Å². The topological polar surface area (TPSA) is 38.9 Å². The summed E-state index contributed by atoms with van der Waals surface area (Å²) in [6.07, 6.45) is 1.12. The lowest BCUT2D eigenvalue weighted by Crippen LogP contribution is -1.93. The van der Waals surface area contributed by atoms with Crippen LogP contribution >= 0.6 is 11.3 Å². The molecule has 0 unspecified atom stereocenters. The van der Waals surface area contributed by atoms with E-state index in [1.807, 2.05) is 0 Å². The third kappa shape index (κ3) is 2.86. The maximum atomic E-state index is 5.72. The number of aryl methyl sites for hydroxylation is 1. The van der Waals surface area contributed by atoms with Crippen molar-refractivity contribution in [1.82, 2.24) is 4.98 Å². The average Bonchev–Trinajstić information content (AvgIpc) is 2.58. The second-order valence-electron chi connectivity index (χ2n) is 4.75. The summed E-state index contributed by atoms with van der Waals surface area (Å²) in [4.78, 5) is 5.55. The van der Waals surface area contributed by atoms with Crippen LogP contribution in [0.15, 0.2) is 24.3 Å². The van der Waals surface area contributed by atoms with Crippen LogP contribution in [0.4, 0.5) is 5.13 Å². The number of hydrogen-bond donors (Lipinski definition) is 1. The van der Waals surface area contributed by atoms with Crippen molar-refractivity contribution in [2.75, 3.05) is 5.73 Å². The summed E-state index contributed by atoms with van der Waals surface area (Å²) in [7, 11) is 0. The second kappa shape index (κ2) is 4.88. The van der Waals surface area contributed by atoms with Crippen LogP contribution in [-0.4, -0.2) is 4.98 Å². The minimum absolute atomic E-state index is 0.642. The summed E-state index contributed by atoms with van der Waals surface area (Å²) in [5.74, 6) is 0.692. The Bertz CT molecular complexity index is 497. The first-order valence-corrected chi connectivity index (χ1v) is 6.70. The maximum Gasteiger partial charge on any atom is 0.180 e. The summed E-state index contributed by atoms with van der Waals surface area (Å²) in [5, 5.41) is 0.642. The van der Waals surface area contributed by atoms with Gasteiger partial charge in [-0.05, 0) is 24.8 Å². The van der Waals surface area contributed by atoms with E-state index >= 15 is 0 Å². The van der Waals surface area contributed by atoms with Gasteiger partial charge in [0.25, 0.3) is 0 Å². The van der Waals surface area contributed by atoms with Crippen LogP contribution in [0, 0.1) is 12.8 Å². The van der Waals surface area contributed by atoms with Gasteiger partial charge < -0.3 is 5.73 Å². The van der Waals surface area contributed by atoms with E-state index in [-0.39, 0.29) is 0 Å². The van der Waals surface area contributed by atoms with E-state index in [2.05, 4.69) is 50.0 Å². The molecule has 17 heavy (non-hydrogen) atoms. The van der Waals surface area contributed by atoms with Crippen LogP contribution in [0.3, 0.4) is 0 Å². The number of rotatable bonds is 3. The van der Waals surface area contributed by atoms with E-state index in [4.69, 9.17) is 5.73 Å². The highest BCUT2D eigenvalue weighted by atomic mass is 32.1. The highest BCUT2D eigenvalue weighted by Gasteiger charge is 2.07. The number of benzene rings is 1. The normalized spacial score (nSPS) is 11.1. The van der Waals surface area contributed by atoms with Crippen molar-refractivity contribution in [3.63, 3.8) is 0 Å². The fraction of sp³-hybridized carbons (Fsp3) is 0.357. The second-order valence-corrected chi connectivity index (χ2v) is 5.99. The first kappa shape index (κ1) is 12.1. The molecule has 0 fully saturated rings. The number of nitrogens with two attached hydrogens (primary N) is 1. The van der Waals surface area contributed by atoms with E-state index in [0.717, 1.165) is 17.7 Å². The van der Waals surface area contributed by atoms with E-state index in [1.54, 1.807) is 11.3 Å². The molecule has 3 heteroatoms. The van der Waals surface area contributed by atoms with Gasteiger partial charge in [0.05, 0.1) is 5.69 Å². The maximum absolute atomic E-state index is 5.72. The molecule has 0 atom stereocenters. The molecule has 2 N–H and O–H groups in total. The Morgan fingerprint density at radius 2 is 1.88 bits per heavy atom. The molecule has 0 radical (unpaired) electrons. The zero-order valence-electron chi connectivity index (χ0n) is 10.5. The van der Waals surface area contributed by atoms with Crippen molar-refractivity contribution in [2.24, 2.45) is 5.92 Å². The highest BCUT2D eigenvalue weighted by molar-refractivity contribution is 7.15. The molecule has 0 aliphatic carbocycles. The van der Waals surface area contributed by atoms with Crippen LogP contribution in [0.1, 0.15) is 24.3 Å². The minimum atomic E-state index is 0.642. The van der Waals surface area contributed by atoms with Gasteiger partial charge in [-0.1, -0.05) is 38.1 Å². The van der Waals surface area contributed by atoms with Gasteiger partial charge in [-0.15, -0.1) is 11.3 Å². The highest BCUT2D eigenvalue weighted by Crippen LogP contribution is 2.28. The number of nitrogen functional groups attached to an aromatic ring is 1. The molecule has 1 aromatic heterocycles. The summed E-state index contributed by atoms with van der Waals surface area (Å²) in [5.41, 5.74) is 9.27. The van der Waals surface area contributed by atoms with E-state index in [9.17, 15) is 0 Å². The lowest BCUT2D eigenvalue weighted by molar-refractivity contribution is 0.647. The Hall–Kier alpha value is -1.35. The van der Waals surface area contributed by atoms with E-state index < -0.39 is 0 Å². The van der Waals surface area contributed by atoms with E-state index in [1.165, 1.54) is 10.4 Å². The van der Waals surface area contributed by atoms with Crippen molar-refractivity contribution >= 4 is 16.5 Å². The van der Waals surface area contributed by atoms with Gasteiger partial charge in [0, 0.05) is 10.4 Å². The van der Waals surface area contributed by atoms with Crippen LogP contribution < -0.4 is 5.73 Å². The Morgan fingerprint density at radius 1 is 1.24 bits per heavy atom. The minimum Gasteiger partial charge on any atom is -0.375 e. The molecule has 1 aromatic carbocycles. The van der Waals surface area contributed by atoms with Gasteiger partial charge >= 0.3 is 0 Å². The van der Waals surface area contributed by atoms with Crippen LogP contribution in [0.2, 0.25) is 0 Å². The third-order valence-corrected chi connectivity index (χ3v) is 3.48. The Balaban J connectivity index is 2.26. The number of aromatic nitrogens is 1. The van der Waals surface area contributed by atoms with Gasteiger partial charge in [-0.25, -0.2) is 4.98 Å². The molecule has 0 bridgehead atoms. The fourth-order valence-electron chi connectivity index (χ4n) is 1.95. The Kier molecular flexibility index (Phi) is 3.48. The lowest BCUT2D eigenvalue weighted by Gasteiger charge is -2.05. The van der Waals surface area contributed by atoms with Crippen LogP contribution in [-0.2, 0) is 6.42 Å². The molecule has 0 spiro atoms. The third-order valence-electron chi connectivity index (χ3n) is 2.68. The molecule has 0 amide bonds. The predicted molar refractivity (Wildman–Crippen MR) is 75.2 cm³/mol. The molecule has 90 valence electrons. The predicted octanol–water partition coefficient (Wildman–Crippen LogP) is 3.90. The molecule has 0 aliphatic rings. The first-order valence-electron chi connectivity index (χ1n) is 5.88. The molecule has 1 heterocycles. The fourth-order valence-corrected chi connectivity index (χ4v) is 2.67.